The monoisotopic (exact) mass is 416 g/mol. The first-order chi connectivity index (χ1) is 14.0. The van der Waals surface area contributed by atoms with Gasteiger partial charge in [0.05, 0.1) is 0 Å². The summed E-state index contributed by atoms with van der Waals surface area (Å²) in [5.41, 5.74) is -2.29. The van der Waals surface area contributed by atoms with Crippen LogP contribution in [0.15, 0.2) is 48.1 Å². The quantitative estimate of drug-likeness (QED) is 0.307. The second kappa shape index (κ2) is 7.87. The molecule has 162 valence electrons. The lowest BCUT2D eigenvalue weighted by molar-refractivity contribution is -0.194. The number of carboxylic acid groups (broad SMARTS) is 1. The Labute approximate surface area is 175 Å². The van der Waals surface area contributed by atoms with Crippen LogP contribution in [0.3, 0.4) is 0 Å². The van der Waals surface area contributed by atoms with Crippen LogP contribution in [0.2, 0.25) is 0 Å². The summed E-state index contributed by atoms with van der Waals surface area (Å²) in [6.07, 6.45) is 11.5. The molecule has 0 aromatic heterocycles. The summed E-state index contributed by atoms with van der Waals surface area (Å²) < 4.78 is 11.0. The average Bonchev–Trinajstić information content (AvgIpc) is 2.93. The molecule has 2 fully saturated rings. The molecule has 0 aromatic carbocycles. The minimum atomic E-state index is -1.69. The van der Waals surface area contributed by atoms with Crippen LogP contribution < -0.4 is 0 Å². The van der Waals surface area contributed by atoms with E-state index < -0.39 is 35.0 Å². The molecular formula is C23H28O7. The Kier molecular flexibility index (Phi) is 5.78. The molecule has 0 aromatic rings. The largest absolute Gasteiger partial charge is 0.478 e. The minimum Gasteiger partial charge on any atom is -0.478 e. The van der Waals surface area contributed by atoms with E-state index >= 15 is 0 Å². The first-order valence-electron chi connectivity index (χ1n) is 10.1. The number of carbonyl (C=O) groups excluding carboxylic acids is 2. The molecule has 1 aliphatic heterocycles. The fourth-order valence-corrected chi connectivity index (χ4v) is 5.52. The molecule has 0 radical (unpaired) electrons. The number of hydrogen-bond donors (Lipinski definition) is 2. The molecule has 0 amide bonds. The fourth-order valence-electron chi connectivity index (χ4n) is 5.52. The molecule has 4 atom stereocenters. The highest BCUT2D eigenvalue weighted by atomic mass is 16.6. The van der Waals surface area contributed by atoms with Crippen LogP contribution in [-0.4, -0.2) is 46.4 Å². The van der Waals surface area contributed by atoms with Crippen molar-refractivity contribution in [3.63, 3.8) is 0 Å². The van der Waals surface area contributed by atoms with Gasteiger partial charge in [0.25, 0.3) is 0 Å². The maximum atomic E-state index is 12.5. The van der Waals surface area contributed by atoms with Crippen molar-refractivity contribution in [2.45, 2.75) is 51.7 Å². The molecule has 4 unspecified atom stereocenters. The van der Waals surface area contributed by atoms with Crippen LogP contribution in [0, 0.1) is 16.7 Å². The number of fused-ring (bicyclic) bond motifs is 3. The molecule has 1 saturated heterocycles. The molecule has 7 nitrogen and oxygen atoms in total. The van der Waals surface area contributed by atoms with E-state index in [9.17, 15) is 19.5 Å². The Balaban J connectivity index is 1.85. The Hall–Kier alpha value is -2.67. The summed E-state index contributed by atoms with van der Waals surface area (Å²) in [5.74, 6) is -2.49. The van der Waals surface area contributed by atoms with Gasteiger partial charge in [0.15, 0.2) is 5.60 Å². The summed E-state index contributed by atoms with van der Waals surface area (Å²) in [5, 5.41) is 20.0. The van der Waals surface area contributed by atoms with Crippen LogP contribution in [-0.2, 0) is 23.9 Å². The standard InChI is InChI=1S/C23H28O7/c1-21(2)11-8-12-22(3)19(21)16(13-15-14-29-20(27)23(15,22)28)30-18(26)10-7-5-4-6-9-17(24)25/h4-7,9-10,13,16,19,28H,8,11-12,14H2,1-3H3,(H,24,25). The minimum absolute atomic E-state index is 0.000607. The number of ether oxygens (including phenoxy) is 2. The van der Waals surface area contributed by atoms with Crippen molar-refractivity contribution in [1.82, 2.24) is 0 Å². The molecule has 0 bridgehead atoms. The van der Waals surface area contributed by atoms with E-state index in [0.29, 0.717) is 12.0 Å². The number of carboxylic acids is 1. The number of esters is 2. The summed E-state index contributed by atoms with van der Waals surface area (Å²) in [7, 11) is 0. The van der Waals surface area contributed by atoms with Gasteiger partial charge in [0, 0.05) is 29.1 Å². The highest BCUT2D eigenvalue weighted by Crippen LogP contribution is 2.63. The number of allylic oxidation sites excluding steroid dienone is 4. The molecule has 0 spiro atoms. The number of hydrogen-bond acceptors (Lipinski definition) is 6. The summed E-state index contributed by atoms with van der Waals surface area (Å²) >= 11 is 0. The van der Waals surface area contributed by atoms with Gasteiger partial charge in [0.1, 0.15) is 12.7 Å². The van der Waals surface area contributed by atoms with Crippen molar-refractivity contribution in [3.8, 4) is 0 Å². The van der Waals surface area contributed by atoms with Gasteiger partial charge in [-0.2, -0.15) is 0 Å². The molecule has 7 heteroatoms. The van der Waals surface area contributed by atoms with Crippen molar-refractivity contribution in [2.75, 3.05) is 6.61 Å². The third-order valence-corrected chi connectivity index (χ3v) is 6.74. The van der Waals surface area contributed by atoms with Gasteiger partial charge in [-0.15, -0.1) is 0 Å². The normalized spacial score (nSPS) is 35.2. The lowest BCUT2D eigenvalue weighted by atomic mass is 9.46. The van der Waals surface area contributed by atoms with E-state index in [4.69, 9.17) is 14.6 Å². The zero-order valence-electron chi connectivity index (χ0n) is 17.5. The molecule has 3 rings (SSSR count). The highest BCUT2D eigenvalue weighted by Gasteiger charge is 2.69. The Morgan fingerprint density at radius 1 is 1.13 bits per heavy atom. The maximum Gasteiger partial charge on any atom is 0.343 e. The van der Waals surface area contributed by atoms with Gasteiger partial charge in [-0.3, -0.25) is 0 Å². The van der Waals surface area contributed by atoms with E-state index in [0.717, 1.165) is 18.9 Å². The number of cyclic esters (lactones) is 1. The molecular weight excluding hydrogens is 388 g/mol. The van der Waals surface area contributed by atoms with E-state index in [2.05, 4.69) is 13.8 Å². The highest BCUT2D eigenvalue weighted by molar-refractivity contribution is 5.88. The lowest BCUT2D eigenvalue weighted by Gasteiger charge is -2.59. The van der Waals surface area contributed by atoms with Crippen molar-refractivity contribution in [2.24, 2.45) is 16.7 Å². The van der Waals surface area contributed by atoms with Crippen molar-refractivity contribution < 1.29 is 34.1 Å². The SMILES string of the molecule is CC1(C)CCCC2(C)C1C(OC(=O)C=CC=CC=CC(=O)O)C=C1COC(=O)C12O. The predicted octanol–water partition coefficient (Wildman–Crippen LogP) is 2.71. The predicted molar refractivity (Wildman–Crippen MR) is 108 cm³/mol. The Bertz CT molecular complexity index is 863. The smallest absolute Gasteiger partial charge is 0.343 e. The third kappa shape index (κ3) is 3.62. The molecule has 1 heterocycles. The van der Waals surface area contributed by atoms with Crippen molar-refractivity contribution in [3.05, 3.63) is 48.1 Å². The number of aliphatic hydroxyl groups is 1. The number of carbonyl (C=O) groups is 3. The maximum absolute atomic E-state index is 12.5. The Morgan fingerprint density at radius 3 is 2.47 bits per heavy atom. The van der Waals surface area contributed by atoms with E-state index in [-0.39, 0.29) is 17.9 Å². The second-order valence-electron chi connectivity index (χ2n) is 9.06. The molecule has 30 heavy (non-hydrogen) atoms. The number of rotatable bonds is 5. The molecule has 2 aliphatic carbocycles. The van der Waals surface area contributed by atoms with Gasteiger partial charge >= 0.3 is 17.9 Å². The van der Waals surface area contributed by atoms with Gasteiger partial charge in [0.2, 0.25) is 0 Å². The molecule has 2 N–H and O–H groups in total. The lowest BCUT2D eigenvalue weighted by Crippen LogP contribution is -2.65. The summed E-state index contributed by atoms with van der Waals surface area (Å²) in [6.45, 7) is 6.05. The summed E-state index contributed by atoms with van der Waals surface area (Å²) in [6, 6.07) is 0. The first kappa shape index (κ1) is 22.0. The van der Waals surface area contributed by atoms with Gasteiger partial charge in [-0.1, -0.05) is 51.5 Å². The van der Waals surface area contributed by atoms with Crippen LogP contribution in [0.4, 0.5) is 0 Å². The van der Waals surface area contributed by atoms with E-state index in [1.165, 1.54) is 30.4 Å². The van der Waals surface area contributed by atoms with Crippen LogP contribution in [0.5, 0.6) is 0 Å². The average molecular weight is 416 g/mol. The zero-order valence-corrected chi connectivity index (χ0v) is 17.5. The molecule has 1 saturated carbocycles. The topological polar surface area (TPSA) is 110 Å². The van der Waals surface area contributed by atoms with E-state index in [1.807, 2.05) is 6.92 Å². The van der Waals surface area contributed by atoms with E-state index in [1.54, 1.807) is 6.08 Å². The van der Waals surface area contributed by atoms with Crippen LogP contribution in [0.1, 0.15) is 40.0 Å². The molecule has 3 aliphatic rings. The zero-order chi connectivity index (χ0) is 22.2. The second-order valence-corrected chi connectivity index (χ2v) is 9.06. The van der Waals surface area contributed by atoms with Crippen LogP contribution >= 0.6 is 0 Å². The third-order valence-electron chi connectivity index (χ3n) is 6.74. The van der Waals surface area contributed by atoms with Gasteiger partial charge in [-0.25, -0.2) is 14.4 Å². The van der Waals surface area contributed by atoms with Crippen molar-refractivity contribution in [1.29, 1.82) is 0 Å². The fraction of sp³-hybridized carbons (Fsp3) is 0.522. The van der Waals surface area contributed by atoms with Crippen LogP contribution in [0.25, 0.3) is 0 Å². The van der Waals surface area contributed by atoms with Gasteiger partial charge in [-0.05, 0) is 24.3 Å². The first-order valence-corrected chi connectivity index (χ1v) is 10.1. The number of aliphatic carboxylic acids is 1. The summed E-state index contributed by atoms with van der Waals surface area (Å²) in [4.78, 5) is 35.4. The van der Waals surface area contributed by atoms with Crippen molar-refractivity contribution >= 4 is 17.9 Å². The Morgan fingerprint density at radius 2 is 1.80 bits per heavy atom. The van der Waals surface area contributed by atoms with Gasteiger partial charge < -0.3 is 19.7 Å².